The smallest absolute Gasteiger partial charge is 0.314 e. The summed E-state index contributed by atoms with van der Waals surface area (Å²) in [5.74, 6) is 0. The van der Waals surface area contributed by atoms with Crippen LogP contribution >= 0.6 is 0 Å². The van der Waals surface area contributed by atoms with E-state index in [0.717, 1.165) is 5.56 Å². The molecule has 4 heteroatoms. The lowest BCUT2D eigenvalue weighted by atomic mass is 10.0. The molecule has 0 fully saturated rings. The number of benzene rings is 1. The first-order chi connectivity index (χ1) is 8.01. The second-order valence-corrected chi connectivity index (χ2v) is 4.10. The average Bonchev–Trinajstić information content (AvgIpc) is 2.27. The predicted octanol–water partition coefficient (Wildman–Crippen LogP) is 3.55. The quantitative estimate of drug-likeness (QED) is 0.808. The van der Waals surface area contributed by atoms with Crippen LogP contribution < -0.4 is 5.32 Å². The minimum absolute atomic E-state index is 0.107. The van der Waals surface area contributed by atoms with Gasteiger partial charge in [0.1, 0.15) is 0 Å². The van der Waals surface area contributed by atoms with Crippen LogP contribution in [0.2, 0.25) is 0 Å². The van der Waals surface area contributed by atoms with Gasteiger partial charge >= 0.3 is 6.18 Å². The fraction of sp³-hybridized carbons (Fsp3) is 0.538. The van der Waals surface area contributed by atoms with Gasteiger partial charge in [0.05, 0.1) is 0 Å². The number of rotatable bonds is 6. The van der Waals surface area contributed by atoms with E-state index in [1.165, 1.54) is 0 Å². The molecule has 0 saturated heterocycles. The van der Waals surface area contributed by atoms with Gasteiger partial charge < -0.3 is 5.32 Å². The van der Waals surface area contributed by atoms with Crippen LogP contribution in [0.1, 0.15) is 25.3 Å². The number of alkyl halides is 3. The maximum atomic E-state index is 12.2. The molecule has 0 aliphatic heterocycles. The molecule has 17 heavy (non-hydrogen) atoms. The fourth-order valence-corrected chi connectivity index (χ4v) is 1.80. The Morgan fingerprint density at radius 3 is 2.35 bits per heavy atom. The second-order valence-electron chi connectivity index (χ2n) is 4.10. The van der Waals surface area contributed by atoms with Crippen LogP contribution in [0.4, 0.5) is 13.2 Å². The predicted molar refractivity (Wildman–Crippen MR) is 62.9 cm³/mol. The van der Waals surface area contributed by atoms with Gasteiger partial charge in [-0.2, -0.15) is 13.2 Å². The molecule has 0 radical (unpaired) electrons. The van der Waals surface area contributed by atoms with Gasteiger partial charge in [0, 0.05) is 12.5 Å². The summed E-state index contributed by atoms with van der Waals surface area (Å²) in [6, 6.07) is 9.49. The van der Waals surface area contributed by atoms with Crippen molar-refractivity contribution in [2.75, 3.05) is 6.54 Å². The summed E-state index contributed by atoms with van der Waals surface area (Å²) in [4.78, 5) is 0. The molecule has 1 aromatic rings. The number of hydrogen-bond acceptors (Lipinski definition) is 1. The van der Waals surface area contributed by atoms with Gasteiger partial charge in [0.25, 0.3) is 0 Å². The molecule has 1 unspecified atom stereocenters. The maximum Gasteiger partial charge on any atom is 0.389 e. The zero-order valence-electron chi connectivity index (χ0n) is 9.93. The van der Waals surface area contributed by atoms with E-state index in [4.69, 9.17) is 0 Å². The molecule has 1 atom stereocenters. The third-order valence-corrected chi connectivity index (χ3v) is 2.59. The van der Waals surface area contributed by atoms with E-state index < -0.39 is 12.6 Å². The van der Waals surface area contributed by atoms with E-state index in [-0.39, 0.29) is 12.5 Å². The Morgan fingerprint density at radius 1 is 1.18 bits per heavy atom. The summed E-state index contributed by atoms with van der Waals surface area (Å²) in [7, 11) is 0. The zero-order valence-corrected chi connectivity index (χ0v) is 9.93. The van der Waals surface area contributed by atoms with E-state index >= 15 is 0 Å². The third kappa shape index (κ3) is 6.31. The van der Waals surface area contributed by atoms with Gasteiger partial charge in [-0.25, -0.2) is 0 Å². The first-order valence-corrected chi connectivity index (χ1v) is 5.85. The van der Waals surface area contributed by atoms with Crippen molar-refractivity contribution in [1.29, 1.82) is 0 Å². The molecule has 0 amide bonds. The summed E-state index contributed by atoms with van der Waals surface area (Å²) in [5.41, 5.74) is 1.07. The van der Waals surface area contributed by atoms with E-state index in [1.807, 2.05) is 37.3 Å². The van der Waals surface area contributed by atoms with Crippen molar-refractivity contribution in [3.05, 3.63) is 35.9 Å². The molecule has 1 N–H and O–H groups in total. The Hall–Kier alpha value is -1.03. The molecule has 1 aromatic carbocycles. The SMILES string of the molecule is CCNC(CCC(F)(F)F)Cc1ccccc1. The Morgan fingerprint density at radius 2 is 1.82 bits per heavy atom. The largest absolute Gasteiger partial charge is 0.389 e. The summed E-state index contributed by atoms with van der Waals surface area (Å²) >= 11 is 0. The van der Waals surface area contributed by atoms with Crippen molar-refractivity contribution in [1.82, 2.24) is 5.32 Å². The van der Waals surface area contributed by atoms with Crippen molar-refractivity contribution >= 4 is 0 Å². The zero-order chi connectivity index (χ0) is 12.7. The normalized spacial score (nSPS) is 13.6. The Kier molecular flexibility index (Phi) is 5.48. The number of likely N-dealkylation sites (N-methyl/N-ethyl adjacent to an activating group) is 1. The average molecular weight is 245 g/mol. The molecule has 0 aliphatic carbocycles. The highest BCUT2D eigenvalue weighted by atomic mass is 19.4. The fourth-order valence-electron chi connectivity index (χ4n) is 1.80. The Balaban J connectivity index is 2.49. The van der Waals surface area contributed by atoms with Crippen molar-refractivity contribution in [3.63, 3.8) is 0 Å². The summed E-state index contributed by atoms with van der Waals surface area (Å²) in [6.07, 6.45) is -4.02. The minimum Gasteiger partial charge on any atom is -0.314 e. The second kappa shape index (κ2) is 6.64. The first kappa shape index (κ1) is 14.0. The third-order valence-electron chi connectivity index (χ3n) is 2.59. The van der Waals surface area contributed by atoms with Gasteiger partial charge in [-0.15, -0.1) is 0 Å². The van der Waals surface area contributed by atoms with E-state index in [9.17, 15) is 13.2 Å². The summed E-state index contributed by atoms with van der Waals surface area (Å²) in [6.45, 7) is 2.60. The summed E-state index contributed by atoms with van der Waals surface area (Å²) < 4.78 is 36.5. The van der Waals surface area contributed by atoms with Crippen LogP contribution in [0.3, 0.4) is 0 Å². The van der Waals surface area contributed by atoms with Crippen LogP contribution in [-0.4, -0.2) is 18.8 Å². The highest BCUT2D eigenvalue weighted by molar-refractivity contribution is 5.15. The number of halogens is 3. The molecule has 0 aliphatic rings. The summed E-state index contributed by atoms with van der Waals surface area (Å²) in [5, 5.41) is 3.10. The molecule has 1 rings (SSSR count). The van der Waals surface area contributed by atoms with Crippen molar-refractivity contribution in [2.45, 2.75) is 38.4 Å². The Labute approximate surface area is 100 Å². The highest BCUT2D eigenvalue weighted by Gasteiger charge is 2.28. The number of nitrogens with one attached hydrogen (secondary N) is 1. The van der Waals surface area contributed by atoms with Gasteiger partial charge in [-0.3, -0.25) is 0 Å². The van der Waals surface area contributed by atoms with E-state index in [2.05, 4.69) is 5.32 Å². The van der Waals surface area contributed by atoms with Crippen molar-refractivity contribution < 1.29 is 13.2 Å². The molecule has 96 valence electrons. The van der Waals surface area contributed by atoms with Crippen LogP contribution in [0, 0.1) is 0 Å². The Bertz CT molecular complexity index is 308. The highest BCUT2D eigenvalue weighted by Crippen LogP contribution is 2.23. The van der Waals surface area contributed by atoms with E-state index in [0.29, 0.717) is 13.0 Å². The lowest BCUT2D eigenvalue weighted by Gasteiger charge is -2.18. The van der Waals surface area contributed by atoms with Crippen LogP contribution in [0.5, 0.6) is 0 Å². The minimum atomic E-state index is -4.07. The maximum absolute atomic E-state index is 12.2. The molecule has 0 bridgehead atoms. The molecule has 0 heterocycles. The van der Waals surface area contributed by atoms with Gasteiger partial charge in [0.15, 0.2) is 0 Å². The lowest BCUT2D eigenvalue weighted by molar-refractivity contribution is -0.136. The first-order valence-electron chi connectivity index (χ1n) is 5.85. The van der Waals surface area contributed by atoms with Crippen LogP contribution in [0.25, 0.3) is 0 Å². The monoisotopic (exact) mass is 245 g/mol. The molecule has 0 aromatic heterocycles. The molecular weight excluding hydrogens is 227 g/mol. The van der Waals surface area contributed by atoms with Crippen LogP contribution in [-0.2, 0) is 6.42 Å². The van der Waals surface area contributed by atoms with E-state index in [1.54, 1.807) is 0 Å². The van der Waals surface area contributed by atoms with Crippen LogP contribution in [0.15, 0.2) is 30.3 Å². The molecule has 1 nitrogen and oxygen atoms in total. The molecular formula is C13H18F3N. The topological polar surface area (TPSA) is 12.0 Å². The standard InChI is InChI=1S/C13H18F3N/c1-2-17-12(8-9-13(14,15)16)10-11-6-4-3-5-7-11/h3-7,12,17H,2,8-10H2,1H3. The molecule has 0 saturated carbocycles. The lowest BCUT2D eigenvalue weighted by Crippen LogP contribution is -2.32. The van der Waals surface area contributed by atoms with Gasteiger partial charge in [-0.05, 0) is 24.9 Å². The van der Waals surface area contributed by atoms with Gasteiger partial charge in [-0.1, -0.05) is 37.3 Å². The number of hydrogen-bond donors (Lipinski definition) is 1. The van der Waals surface area contributed by atoms with Crippen molar-refractivity contribution in [2.24, 2.45) is 0 Å². The van der Waals surface area contributed by atoms with Gasteiger partial charge in [0.2, 0.25) is 0 Å². The molecule has 0 spiro atoms. The van der Waals surface area contributed by atoms with Crippen molar-refractivity contribution in [3.8, 4) is 0 Å².